The molecule has 0 aliphatic heterocycles. The maximum Gasteiger partial charge on any atom is 0.243 e. The molecule has 0 saturated carbocycles. The van der Waals surface area contributed by atoms with Crippen LogP contribution >= 0.6 is 0 Å². The fraction of sp³-hybridized carbons (Fsp3) is 0.917. The lowest BCUT2D eigenvalue weighted by molar-refractivity contribution is -0.135. The molecule has 1 amide bonds. The quantitative estimate of drug-likeness (QED) is 0.746. The molecule has 0 heterocycles. The van der Waals surface area contributed by atoms with Crippen LogP contribution in [0.2, 0.25) is 0 Å². The minimum Gasteiger partial charge on any atom is -0.337 e. The summed E-state index contributed by atoms with van der Waals surface area (Å²) in [5.41, 5.74) is 5.52. The number of nitrogens with two attached hydrogens (primary N) is 1. The highest BCUT2D eigenvalue weighted by Crippen LogP contribution is 2.21. The summed E-state index contributed by atoms with van der Waals surface area (Å²) >= 11 is 0. The molecule has 0 rings (SSSR count). The second-order valence-electron chi connectivity index (χ2n) is 5.04. The summed E-state index contributed by atoms with van der Waals surface area (Å²) in [6, 6.07) is 0.0436. The van der Waals surface area contributed by atoms with Gasteiger partial charge < -0.3 is 10.6 Å². The van der Waals surface area contributed by atoms with E-state index in [1.807, 2.05) is 13.8 Å². The molecule has 0 aromatic carbocycles. The van der Waals surface area contributed by atoms with Crippen molar-refractivity contribution in [3.05, 3.63) is 0 Å². The third-order valence-electron chi connectivity index (χ3n) is 3.46. The van der Waals surface area contributed by atoms with Gasteiger partial charge in [0.2, 0.25) is 5.91 Å². The molecule has 0 aliphatic rings. The summed E-state index contributed by atoms with van der Waals surface area (Å²) < 4.78 is 22.0. The van der Waals surface area contributed by atoms with Crippen LogP contribution < -0.4 is 5.73 Å². The van der Waals surface area contributed by atoms with Crippen molar-refractivity contribution in [3.63, 3.8) is 0 Å². The van der Waals surface area contributed by atoms with Gasteiger partial charge in [0.15, 0.2) is 9.84 Å². The summed E-state index contributed by atoms with van der Waals surface area (Å²) in [6.45, 7) is 7.61. The second kappa shape index (κ2) is 6.52. The topological polar surface area (TPSA) is 80.5 Å². The van der Waals surface area contributed by atoms with E-state index in [9.17, 15) is 13.2 Å². The normalized spacial score (nSPS) is 12.8. The van der Waals surface area contributed by atoms with E-state index in [2.05, 4.69) is 0 Å². The van der Waals surface area contributed by atoms with Crippen molar-refractivity contribution in [3.8, 4) is 0 Å². The third kappa shape index (κ3) is 3.68. The van der Waals surface area contributed by atoms with Gasteiger partial charge in [-0.1, -0.05) is 13.8 Å². The minimum absolute atomic E-state index is 0.0436. The Hall–Kier alpha value is -0.620. The Morgan fingerprint density at radius 3 is 2.00 bits per heavy atom. The largest absolute Gasteiger partial charge is 0.337 e. The number of hydrogen-bond acceptors (Lipinski definition) is 4. The highest BCUT2D eigenvalue weighted by Gasteiger charge is 2.42. The molecule has 0 aromatic heterocycles. The van der Waals surface area contributed by atoms with E-state index in [4.69, 9.17) is 5.73 Å². The first-order chi connectivity index (χ1) is 8.13. The zero-order chi connectivity index (χ0) is 14.6. The van der Waals surface area contributed by atoms with Crippen LogP contribution in [0.1, 0.15) is 40.5 Å². The summed E-state index contributed by atoms with van der Waals surface area (Å²) in [6.07, 6.45) is 2.68. The molecule has 0 aliphatic carbocycles. The number of nitrogens with zero attached hydrogens (tertiary/aromatic N) is 1. The number of hydrogen-bond donors (Lipinski definition) is 1. The Morgan fingerprint density at radius 2 is 1.72 bits per heavy atom. The van der Waals surface area contributed by atoms with E-state index in [1.165, 1.54) is 13.8 Å². The van der Waals surface area contributed by atoms with Crippen molar-refractivity contribution in [2.24, 2.45) is 5.73 Å². The maximum atomic E-state index is 12.5. The molecule has 0 unspecified atom stereocenters. The molecule has 6 heteroatoms. The molecule has 0 atom stereocenters. The SMILES string of the molecule is CCC(CC)N(CCN)C(=O)C(C)(C)S(C)(=O)=O. The Morgan fingerprint density at radius 1 is 1.28 bits per heavy atom. The van der Waals surface area contributed by atoms with E-state index in [0.29, 0.717) is 13.1 Å². The Kier molecular flexibility index (Phi) is 6.29. The van der Waals surface area contributed by atoms with E-state index < -0.39 is 14.6 Å². The maximum absolute atomic E-state index is 12.5. The van der Waals surface area contributed by atoms with Crippen molar-refractivity contribution >= 4 is 15.7 Å². The van der Waals surface area contributed by atoms with Gasteiger partial charge in [0.05, 0.1) is 0 Å². The predicted octanol–water partition coefficient (Wildman–Crippen LogP) is 0.786. The van der Waals surface area contributed by atoms with Crippen molar-refractivity contribution in [2.75, 3.05) is 19.3 Å². The molecule has 108 valence electrons. The Bertz CT molecular complexity index is 373. The number of rotatable bonds is 7. The van der Waals surface area contributed by atoms with Crippen LogP contribution in [0.25, 0.3) is 0 Å². The van der Waals surface area contributed by atoms with Gasteiger partial charge in [-0.2, -0.15) is 0 Å². The first kappa shape index (κ1) is 17.4. The molecule has 18 heavy (non-hydrogen) atoms. The number of carbonyl (C=O) groups is 1. The molecule has 5 nitrogen and oxygen atoms in total. The lowest BCUT2D eigenvalue weighted by Crippen LogP contribution is -2.54. The fourth-order valence-electron chi connectivity index (χ4n) is 1.82. The number of amides is 1. The molecule has 0 bridgehead atoms. The molecule has 0 aromatic rings. The van der Waals surface area contributed by atoms with Gasteiger partial charge in [0, 0.05) is 25.4 Å². The first-order valence-corrected chi connectivity index (χ1v) is 8.23. The van der Waals surface area contributed by atoms with Crippen molar-refractivity contribution in [2.45, 2.75) is 51.3 Å². The lowest BCUT2D eigenvalue weighted by atomic mass is 10.1. The average molecular weight is 278 g/mol. The van der Waals surface area contributed by atoms with Crippen LogP contribution in [-0.4, -0.2) is 49.4 Å². The average Bonchev–Trinajstić information content (AvgIpc) is 2.27. The Labute approximate surface area is 111 Å². The van der Waals surface area contributed by atoms with Gasteiger partial charge in [-0.3, -0.25) is 4.79 Å². The zero-order valence-corrected chi connectivity index (χ0v) is 12.9. The molecule has 2 N–H and O–H groups in total. The molecule has 0 radical (unpaired) electrons. The molecular formula is C12H26N2O3S. The van der Waals surface area contributed by atoms with E-state index in [-0.39, 0.29) is 11.9 Å². The van der Waals surface area contributed by atoms with Crippen molar-refractivity contribution in [1.82, 2.24) is 4.90 Å². The zero-order valence-electron chi connectivity index (χ0n) is 12.1. The van der Waals surface area contributed by atoms with Crippen LogP contribution in [-0.2, 0) is 14.6 Å². The third-order valence-corrected chi connectivity index (χ3v) is 5.48. The van der Waals surface area contributed by atoms with Gasteiger partial charge in [0.1, 0.15) is 4.75 Å². The molecular weight excluding hydrogens is 252 g/mol. The van der Waals surface area contributed by atoms with Crippen molar-refractivity contribution < 1.29 is 13.2 Å². The summed E-state index contributed by atoms with van der Waals surface area (Å²) in [5.74, 6) is -0.357. The van der Waals surface area contributed by atoms with Gasteiger partial charge >= 0.3 is 0 Å². The van der Waals surface area contributed by atoms with E-state index in [0.717, 1.165) is 19.1 Å². The smallest absolute Gasteiger partial charge is 0.243 e. The van der Waals surface area contributed by atoms with Crippen LogP contribution in [0, 0.1) is 0 Å². The minimum atomic E-state index is -3.45. The van der Waals surface area contributed by atoms with Crippen LogP contribution in [0.5, 0.6) is 0 Å². The highest BCUT2D eigenvalue weighted by molar-refractivity contribution is 7.92. The van der Waals surface area contributed by atoms with Gasteiger partial charge in [-0.25, -0.2) is 8.42 Å². The monoisotopic (exact) mass is 278 g/mol. The molecule has 0 spiro atoms. The summed E-state index contributed by atoms with van der Waals surface area (Å²) in [4.78, 5) is 14.1. The van der Waals surface area contributed by atoms with Gasteiger partial charge in [-0.15, -0.1) is 0 Å². The summed E-state index contributed by atoms with van der Waals surface area (Å²) in [5, 5.41) is 0. The van der Waals surface area contributed by atoms with Gasteiger partial charge in [0.25, 0.3) is 0 Å². The van der Waals surface area contributed by atoms with Crippen LogP contribution in [0.4, 0.5) is 0 Å². The standard InChI is InChI=1S/C12H26N2O3S/c1-6-10(7-2)14(9-8-13)11(15)12(3,4)18(5,16)17/h10H,6-9,13H2,1-5H3. The van der Waals surface area contributed by atoms with E-state index >= 15 is 0 Å². The molecule has 0 fully saturated rings. The highest BCUT2D eigenvalue weighted by atomic mass is 32.2. The van der Waals surface area contributed by atoms with Crippen molar-refractivity contribution in [1.29, 1.82) is 0 Å². The van der Waals surface area contributed by atoms with E-state index in [1.54, 1.807) is 4.90 Å². The molecule has 0 saturated heterocycles. The first-order valence-electron chi connectivity index (χ1n) is 6.34. The van der Waals surface area contributed by atoms with Gasteiger partial charge in [-0.05, 0) is 26.7 Å². The number of carbonyl (C=O) groups excluding carboxylic acids is 1. The van der Waals surface area contributed by atoms with Crippen LogP contribution in [0.3, 0.4) is 0 Å². The fourth-order valence-corrected chi connectivity index (χ4v) is 2.26. The summed E-state index contributed by atoms with van der Waals surface area (Å²) in [7, 11) is -3.45. The van der Waals surface area contributed by atoms with Crippen LogP contribution in [0.15, 0.2) is 0 Å². The lowest BCUT2D eigenvalue weighted by Gasteiger charge is -2.35. The Balaban J connectivity index is 5.33. The number of sulfone groups is 1. The second-order valence-corrected chi connectivity index (χ2v) is 7.60. The predicted molar refractivity (Wildman–Crippen MR) is 74.1 cm³/mol.